The van der Waals surface area contributed by atoms with E-state index in [0.717, 1.165) is 47.7 Å². The third kappa shape index (κ3) is 3.98. The van der Waals surface area contributed by atoms with Gasteiger partial charge in [-0.3, -0.25) is 10.2 Å². The molecule has 0 radical (unpaired) electrons. The maximum absolute atomic E-state index is 12.9. The Hall–Kier alpha value is -3.41. The number of nitrogens with one attached hydrogen (secondary N) is 1. The molecule has 4 rings (SSSR count). The molecule has 1 heterocycles. The molecule has 1 aliphatic rings. The molecule has 1 saturated carbocycles. The molecule has 3 N–H and O–H groups in total. The number of rotatable bonds is 6. The normalized spacial score (nSPS) is 15.0. The highest BCUT2D eigenvalue weighted by Crippen LogP contribution is 2.43. The number of carbonyl (C=O) groups excluding carboxylic acids is 1. The zero-order valence-corrected chi connectivity index (χ0v) is 17.9. The van der Waals surface area contributed by atoms with Gasteiger partial charge in [-0.1, -0.05) is 25.0 Å². The van der Waals surface area contributed by atoms with Crippen LogP contribution in [0.2, 0.25) is 0 Å². The van der Waals surface area contributed by atoms with Crippen molar-refractivity contribution >= 4 is 22.7 Å². The van der Waals surface area contributed by atoms with Crippen LogP contribution in [0.1, 0.15) is 49.3 Å². The van der Waals surface area contributed by atoms with Gasteiger partial charge in [-0.15, -0.1) is 0 Å². The molecule has 3 aromatic rings. The van der Waals surface area contributed by atoms with E-state index >= 15 is 0 Å². The summed E-state index contributed by atoms with van der Waals surface area (Å²) in [6.45, 7) is 4.25. The van der Waals surface area contributed by atoms with Gasteiger partial charge in [0.05, 0.1) is 17.5 Å². The van der Waals surface area contributed by atoms with Crippen LogP contribution in [0.4, 0.5) is 0 Å². The number of esters is 1. The van der Waals surface area contributed by atoms with E-state index in [9.17, 15) is 4.79 Å². The van der Waals surface area contributed by atoms with E-state index in [-0.39, 0.29) is 11.8 Å². The maximum atomic E-state index is 12.9. The van der Waals surface area contributed by atoms with Crippen LogP contribution in [-0.4, -0.2) is 23.4 Å². The molecule has 0 bridgehead atoms. The van der Waals surface area contributed by atoms with E-state index < -0.39 is 5.41 Å². The minimum atomic E-state index is -0.584. The molecule has 6 heteroatoms. The number of nitrogens with two attached hydrogens (primary N) is 1. The van der Waals surface area contributed by atoms with Crippen molar-refractivity contribution in [2.45, 2.75) is 44.9 Å². The van der Waals surface area contributed by atoms with Gasteiger partial charge in [0, 0.05) is 17.0 Å². The van der Waals surface area contributed by atoms with E-state index in [4.69, 9.17) is 25.6 Å². The molecule has 2 aromatic carbocycles. The van der Waals surface area contributed by atoms with Crippen LogP contribution in [0, 0.1) is 12.3 Å². The Morgan fingerprint density at radius 2 is 1.84 bits per heavy atom. The van der Waals surface area contributed by atoms with Crippen LogP contribution in [-0.2, 0) is 14.9 Å². The van der Waals surface area contributed by atoms with Crippen LogP contribution in [0.15, 0.2) is 48.5 Å². The molecule has 0 aliphatic heterocycles. The summed E-state index contributed by atoms with van der Waals surface area (Å²) < 4.78 is 11.4. The molecule has 6 nitrogen and oxygen atoms in total. The van der Waals surface area contributed by atoms with Gasteiger partial charge >= 0.3 is 5.97 Å². The third-order valence-electron chi connectivity index (χ3n) is 6.06. The maximum Gasteiger partial charge on any atom is 0.316 e. The SMILES string of the molecule is CCOC(=O)C1(c2ccc3c(C)cc(Oc4ccc(C(=N)N)cc4)nc3c2)CCCC1. The van der Waals surface area contributed by atoms with Crippen molar-refractivity contribution in [3.63, 3.8) is 0 Å². The Balaban J connectivity index is 1.70. The molecule has 1 aliphatic carbocycles. The average Bonchev–Trinajstić information content (AvgIpc) is 3.25. The average molecular weight is 418 g/mol. The van der Waals surface area contributed by atoms with E-state index in [0.29, 0.717) is 23.8 Å². The number of aromatic nitrogens is 1. The molecule has 1 aromatic heterocycles. The lowest BCUT2D eigenvalue weighted by Crippen LogP contribution is -2.34. The number of hydrogen-bond donors (Lipinski definition) is 2. The quantitative estimate of drug-likeness (QED) is 0.334. The molecule has 0 saturated heterocycles. The predicted molar refractivity (Wildman–Crippen MR) is 121 cm³/mol. The molecule has 1 fully saturated rings. The van der Waals surface area contributed by atoms with Crippen molar-refractivity contribution in [2.75, 3.05) is 6.61 Å². The number of pyridine rings is 1. The summed E-state index contributed by atoms with van der Waals surface area (Å²) in [4.78, 5) is 17.6. The number of hydrogen-bond acceptors (Lipinski definition) is 5. The lowest BCUT2D eigenvalue weighted by molar-refractivity contribution is -0.150. The molecule has 0 unspecified atom stereocenters. The summed E-state index contributed by atoms with van der Waals surface area (Å²) in [7, 11) is 0. The highest BCUT2D eigenvalue weighted by molar-refractivity contribution is 5.95. The summed E-state index contributed by atoms with van der Waals surface area (Å²) in [5.41, 5.74) is 8.37. The van der Waals surface area contributed by atoms with E-state index in [2.05, 4.69) is 0 Å². The topological polar surface area (TPSA) is 98.3 Å². The fourth-order valence-corrected chi connectivity index (χ4v) is 4.40. The Labute approximate surface area is 181 Å². The highest BCUT2D eigenvalue weighted by Gasteiger charge is 2.44. The zero-order valence-electron chi connectivity index (χ0n) is 17.9. The van der Waals surface area contributed by atoms with E-state index in [1.807, 2.05) is 38.1 Å². The van der Waals surface area contributed by atoms with Crippen LogP contribution in [0.3, 0.4) is 0 Å². The third-order valence-corrected chi connectivity index (χ3v) is 6.06. The summed E-state index contributed by atoms with van der Waals surface area (Å²) >= 11 is 0. The first-order valence-corrected chi connectivity index (χ1v) is 10.6. The van der Waals surface area contributed by atoms with Gasteiger partial charge in [0.15, 0.2) is 0 Å². The first kappa shape index (κ1) is 20.8. The van der Waals surface area contributed by atoms with Crippen LogP contribution in [0.25, 0.3) is 10.9 Å². The van der Waals surface area contributed by atoms with Crippen LogP contribution >= 0.6 is 0 Å². The van der Waals surface area contributed by atoms with Crippen molar-refractivity contribution in [3.8, 4) is 11.6 Å². The summed E-state index contributed by atoms with van der Waals surface area (Å²) in [5.74, 6) is 0.975. The number of nitrogen functional groups attached to an aromatic ring is 1. The van der Waals surface area contributed by atoms with Gasteiger partial charge in [0.1, 0.15) is 11.6 Å². The lowest BCUT2D eigenvalue weighted by Gasteiger charge is -2.27. The van der Waals surface area contributed by atoms with Crippen molar-refractivity contribution in [1.29, 1.82) is 5.41 Å². The largest absolute Gasteiger partial charge is 0.465 e. The Kier molecular flexibility index (Phi) is 5.63. The van der Waals surface area contributed by atoms with Gasteiger partial charge in [-0.25, -0.2) is 4.98 Å². The standard InChI is InChI=1S/C25H27N3O3/c1-3-30-24(29)25(12-4-5-13-25)18-8-11-20-16(2)14-22(28-21(20)15-18)31-19-9-6-17(7-10-19)23(26)27/h6-11,14-15H,3-5,12-13H2,1-2H3,(H3,26,27). The van der Waals surface area contributed by atoms with Crippen molar-refractivity contribution in [1.82, 2.24) is 4.98 Å². The first-order valence-electron chi connectivity index (χ1n) is 10.6. The van der Waals surface area contributed by atoms with Crippen molar-refractivity contribution < 1.29 is 14.3 Å². The highest BCUT2D eigenvalue weighted by atomic mass is 16.5. The number of nitrogens with zero attached hydrogens (tertiary/aromatic N) is 1. The van der Waals surface area contributed by atoms with E-state index in [1.165, 1.54) is 0 Å². The van der Waals surface area contributed by atoms with Gasteiger partial charge < -0.3 is 15.2 Å². The van der Waals surface area contributed by atoms with E-state index in [1.54, 1.807) is 24.3 Å². The number of ether oxygens (including phenoxy) is 2. The monoisotopic (exact) mass is 417 g/mol. The molecule has 0 amide bonds. The fraction of sp³-hybridized carbons (Fsp3) is 0.320. The molecular weight excluding hydrogens is 390 g/mol. The molecule has 0 atom stereocenters. The van der Waals surface area contributed by atoms with Gasteiger partial charge in [0.25, 0.3) is 0 Å². The first-order chi connectivity index (χ1) is 14.9. The molecule has 160 valence electrons. The summed E-state index contributed by atoms with van der Waals surface area (Å²) in [5, 5.41) is 8.53. The minimum Gasteiger partial charge on any atom is -0.465 e. The van der Waals surface area contributed by atoms with Crippen LogP contribution in [0.5, 0.6) is 11.6 Å². The molecular formula is C25H27N3O3. The second kappa shape index (κ2) is 8.38. The number of benzene rings is 2. The fourth-order valence-electron chi connectivity index (χ4n) is 4.40. The molecule has 0 spiro atoms. The smallest absolute Gasteiger partial charge is 0.316 e. The van der Waals surface area contributed by atoms with Gasteiger partial charge in [0.2, 0.25) is 5.88 Å². The second-order valence-corrected chi connectivity index (χ2v) is 8.06. The van der Waals surface area contributed by atoms with Gasteiger partial charge in [-0.2, -0.15) is 0 Å². The van der Waals surface area contributed by atoms with Gasteiger partial charge in [-0.05, 0) is 68.1 Å². The molecule has 31 heavy (non-hydrogen) atoms. The Bertz CT molecular complexity index is 1130. The second-order valence-electron chi connectivity index (χ2n) is 8.06. The number of fused-ring (bicyclic) bond motifs is 1. The summed E-state index contributed by atoms with van der Waals surface area (Å²) in [6, 6.07) is 15.0. The van der Waals surface area contributed by atoms with Crippen molar-refractivity contribution in [2.24, 2.45) is 5.73 Å². The van der Waals surface area contributed by atoms with Crippen molar-refractivity contribution in [3.05, 3.63) is 65.2 Å². The number of aryl methyl sites for hydroxylation is 1. The Morgan fingerprint density at radius 3 is 2.48 bits per heavy atom. The predicted octanol–water partition coefficient (Wildman–Crippen LogP) is 4.99. The lowest BCUT2D eigenvalue weighted by atomic mass is 9.78. The summed E-state index contributed by atoms with van der Waals surface area (Å²) in [6.07, 6.45) is 3.63. The Morgan fingerprint density at radius 1 is 1.13 bits per heavy atom. The number of carbonyl (C=O) groups is 1. The number of amidine groups is 1. The zero-order chi connectivity index (χ0) is 22.0. The van der Waals surface area contributed by atoms with Crippen LogP contribution < -0.4 is 10.5 Å². The minimum absolute atomic E-state index is 0.0150.